The van der Waals surface area contributed by atoms with Crippen LogP contribution < -0.4 is 14.9 Å². The fourth-order valence-electron chi connectivity index (χ4n) is 5.04. The molecule has 33 heavy (non-hydrogen) atoms. The van der Waals surface area contributed by atoms with E-state index in [1.54, 1.807) is 18.2 Å². The largest absolute Gasteiger partial charge is 0.353 e. The van der Waals surface area contributed by atoms with Crippen molar-refractivity contribution in [3.63, 3.8) is 0 Å². The first-order valence-electron chi connectivity index (χ1n) is 12.5. The van der Waals surface area contributed by atoms with Crippen LogP contribution in [0.15, 0.2) is 23.1 Å². The zero-order valence-corrected chi connectivity index (χ0v) is 20.8. The lowest BCUT2D eigenvalue weighted by atomic mass is 9.81. The van der Waals surface area contributed by atoms with Crippen LogP contribution in [0.1, 0.15) is 71.3 Å². The summed E-state index contributed by atoms with van der Waals surface area (Å²) < 4.78 is 28.7. The Labute approximate surface area is 197 Å². The van der Waals surface area contributed by atoms with Crippen LogP contribution >= 0.6 is 0 Å². The maximum Gasteiger partial charge on any atom is 0.240 e. The molecule has 2 atom stereocenters. The fourth-order valence-corrected chi connectivity index (χ4v) is 6.21. The molecule has 2 N–H and O–H groups in total. The molecule has 0 radical (unpaired) electrons. The number of amides is 2. The monoisotopic (exact) mass is 475 g/mol. The van der Waals surface area contributed by atoms with Crippen LogP contribution in [0.4, 0.5) is 5.69 Å². The number of nitrogens with one attached hydrogen (secondary N) is 2. The highest BCUT2D eigenvalue weighted by Gasteiger charge is 2.39. The van der Waals surface area contributed by atoms with Crippen LogP contribution in [0.5, 0.6) is 0 Å². The third-order valence-electron chi connectivity index (χ3n) is 7.52. The molecule has 0 spiro atoms. The lowest BCUT2D eigenvalue weighted by molar-refractivity contribution is -0.126. The fraction of sp³-hybridized carbons (Fsp3) is 0.680. The molecule has 2 amide bonds. The highest BCUT2D eigenvalue weighted by molar-refractivity contribution is 7.89. The summed E-state index contributed by atoms with van der Waals surface area (Å²) in [5.74, 6) is 0.716. The Morgan fingerprint density at radius 3 is 2.39 bits per heavy atom. The summed E-state index contributed by atoms with van der Waals surface area (Å²) in [5.41, 5.74) is 1.78. The number of rotatable bonds is 8. The molecule has 2 fully saturated rings. The van der Waals surface area contributed by atoms with E-state index in [4.69, 9.17) is 0 Å². The molecule has 3 aliphatic rings. The molecule has 182 valence electrons. The molecule has 0 aromatic heterocycles. The number of carbonyl (C=O) groups is 2. The molecule has 1 aromatic rings. The number of benzene rings is 1. The molecule has 1 heterocycles. The first-order chi connectivity index (χ1) is 15.7. The molecule has 7 nitrogen and oxygen atoms in total. The van der Waals surface area contributed by atoms with Crippen molar-refractivity contribution in [2.24, 2.45) is 17.8 Å². The minimum absolute atomic E-state index is 0.0341. The van der Waals surface area contributed by atoms with Crippen LogP contribution in [0.3, 0.4) is 0 Å². The minimum atomic E-state index is -3.62. The highest BCUT2D eigenvalue weighted by atomic mass is 32.2. The van der Waals surface area contributed by atoms with E-state index in [-0.39, 0.29) is 46.5 Å². The summed E-state index contributed by atoms with van der Waals surface area (Å²) in [6, 6.07) is 5.38. The second kappa shape index (κ2) is 9.74. The quantitative estimate of drug-likeness (QED) is 0.603. The van der Waals surface area contributed by atoms with E-state index in [1.807, 2.05) is 18.7 Å². The number of anilines is 1. The number of fused-ring (bicyclic) bond motifs is 1. The van der Waals surface area contributed by atoms with Crippen molar-refractivity contribution in [1.82, 2.24) is 10.0 Å². The third-order valence-corrected chi connectivity index (χ3v) is 8.94. The smallest absolute Gasteiger partial charge is 0.240 e. The van der Waals surface area contributed by atoms with Crippen LogP contribution in [0.25, 0.3) is 0 Å². The average molecular weight is 476 g/mol. The maximum absolute atomic E-state index is 13.0. The van der Waals surface area contributed by atoms with E-state index < -0.39 is 10.0 Å². The summed E-state index contributed by atoms with van der Waals surface area (Å²) in [4.78, 5) is 27.1. The summed E-state index contributed by atoms with van der Waals surface area (Å²) in [7, 11) is -3.62. The van der Waals surface area contributed by atoms with Gasteiger partial charge in [-0.25, -0.2) is 13.1 Å². The van der Waals surface area contributed by atoms with Crippen LogP contribution in [-0.4, -0.2) is 38.9 Å². The first-order valence-corrected chi connectivity index (χ1v) is 13.9. The molecular weight excluding hydrogens is 438 g/mol. The van der Waals surface area contributed by atoms with Crippen molar-refractivity contribution in [2.75, 3.05) is 11.4 Å². The molecule has 1 aromatic carbocycles. The molecule has 4 rings (SSSR count). The van der Waals surface area contributed by atoms with Gasteiger partial charge in [-0.1, -0.05) is 6.92 Å². The highest BCUT2D eigenvalue weighted by Crippen LogP contribution is 2.39. The zero-order chi connectivity index (χ0) is 23.8. The predicted octanol–water partition coefficient (Wildman–Crippen LogP) is 3.37. The summed E-state index contributed by atoms with van der Waals surface area (Å²) in [6.07, 6.45) is 6.81. The molecule has 0 saturated heterocycles. The lowest BCUT2D eigenvalue weighted by Gasteiger charge is -2.28. The van der Waals surface area contributed by atoms with E-state index in [0.717, 1.165) is 56.2 Å². The van der Waals surface area contributed by atoms with E-state index in [1.165, 1.54) is 0 Å². The van der Waals surface area contributed by atoms with Gasteiger partial charge in [-0.3, -0.25) is 9.59 Å². The SMILES string of the molecule is CC[C@H](C)NC(=O)C1CCC(CNS(=O)(=O)c2ccc3c(c2)C[C@H](C)N3C(=O)C2CC2)CC1. The van der Waals surface area contributed by atoms with Gasteiger partial charge in [-0.05, 0) is 94.9 Å². The second-order valence-electron chi connectivity index (χ2n) is 10.2. The number of sulfonamides is 1. The normalized spacial score (nSPS) is 26.0. The average Bonchev–Trinajstić information content (AvgIpc) is 3.59. The van der Waals surface area contributed by atoms with Crippen molar-refractivity contribution >= 4 is 27.5 Å². The van der Waals surface area contributed by atoms with Gasteiger partial charge in [0.25, 0.3) is 0 Å². The molecule has 2 aliphatic carbocycles. The third kappa shape index (κ3) is 5.43. The van der Waals surface area contributed by atoms with Crippen LogP contribution in [0, 0.1) is 17.8 Å². The first kappa shape index (κ1) is 24.2. The van der Waals surface area contributed by atoms with Crippen molar-refractivity contribution in [3.8, 4) is 0 Å². The van der Waals surface area contributed by atoms with Crippen molar-refractivity contribution in [3.05, 3.63) is 23.8 Å². The van der Waals surface area contributed by atoms with E-state index in [9.17, 15) is 18.0 Å². The van der Waals surface area contributed by atoms with Crippen molar-refractivity contribution < 1.29 is 18.0 Å². The van der Waals surface area contributed by atoms with E-state index in [0.29, 0.717) is 13.0 Å². The zero-order valence-electron chi connectivity index (χ0n) is 20.0. The Morgan fingerprint density at radius 1 is 1.09 bits per heavy atom. The van der Waals surface area contributed by atoms with E-state index in [2.05, 4.69) is 17.0 Å². The molecule has 0 bridgehead atoms. The lowest BCUT2D eigenvalue weighted by Crippen LogP contribution is -2.39. The van der Waals surface area contributed by atoms with E-state index >= 15 is 0 Å². The Balaban J connectivity index is 1.32. The van der Waals surface area contributed by atoms with Gasteiger partial charge in [0.05, 0.1) is 4.90 Å². The Hall–Kier alpha value is -1.93. The minimum Gasteiger partial charge on any atom is -0.353 e. The molecule has 0 unspecified atom stereocenters. The number of carbonyl (C=O) groups excluding carboxylic acids is 2. The topological polar surface area (TPSA) is 95.6 Å². The number of hydrogen-bond donors (Lipinski definition) is 2. The van der Waals surface area contributed by atoms with Crippen LogP contribution in [0.2, 0.25) is 0 Å². The predicted molar refractivity (Wildman–Crippen MR) is 128 cm³/mol. The standard InChI is InChI=1S/C25H37N3O4S/c1-4-16(2)27-24(29)19-7-5-18(6-8-19)15-26-33(31,32)22-11-12-23-21(14-22)13-17(3)28(23)25(30)20-9-10-20/h11-12,14,16-20,26H,4-10,13,15H2,1-3H3,(H,27,29)/t16-,17-,18?,19?/m0/s1. The summed E-state index contributed by atoms with van der Waals surface area (Å²) in [6.45, 7) is 6.48. The Kier molecular flexibility index (Phi) is 7.15. The molecule has 2 saturated carbocycles. The van der Waals surface area contributed by atoms with Crippen molar-refractivity contribution in [2.45, 2.75) is 89.1 Å². The van der Waals surface area contributed by atoms with Gasteiger partial charge in [0, 0.05) is 36.2 Å². The van der Waals surface area contributed by atoms with Gasteiger partial charge in [0.2, 0.25) is 21.8 Å². The van der Waals surface area contributed by atoms with Gasteiger partial charge in [-0.15, -0.1) is 0 Å². The van der Waals surface area contributed by atoms with Gasteiger partial charge in [-0.2, -0.15) is 0 Å². The number of hydrogen-bond acceptors (Lipinski definition) is 4. The van der Waals surface area contributed by atoms with Crippen LogP contribution in [-0.2, 0) is 26.0 Å². The van der Waals surface area contributed by atoms with Gasteiger partial charge >= 0.3 is 0 Å². The Bertz CT molecular complexity index is 997. The molecular formula is C25H37N3O4S. The van der Waals surface area contributed by atoms with Crippen molar-refractivity contribution in [1.29, 1.82) is 0 Å². The van der Waals surface area contributed by atoms with Gasteiger partial charge in [0.15, 0.2) is 0 Å². The number of nitrogens with zero attached hydrogens (tertiary/aromatic N) is 1. The maximum atomic E-state index is 13.0. The molecule has 1 aliphatic heterocycles. The van der Waals surface area contributed by atoms with Gasteiger partial charge in [0.1, 0.15) is 0 Å². The second-order valence-corrected chi connectivity index (χ2v) is 12.0. The van der Waals surface area contributed by atoms with Gasteiger partial charge < -0.3 is 10.2 Å². The molecule has 8 heteroatoms. The summed E-state index contributed by atoms with van der Waals surface area (Å²) >= 11 is 0. The summed E-state index contributed by atoms with van der Waals surface area (Å²) in [5, 5.41) is 3.06. The Morgan fingerprint density at radius 2 is 1.76 bits per heavy atom.